The van der Waals surface area contributed by atoms with Crippen molar-refractivity contribution in [3.63, 3.8) is 0 Å². The van der Waals surface area contributed by atoms with Crippen molar-refractivity contribution in [2.45, 2.75) is 69.7 Å². The van der Waals surface area contributed by atoms with Gasteiger partial charge in [-0.2, -0.15) is 0 Å². The third kappa shape index (κ3) is 11.5. The molecule has 12 nitrogen and oxygen atoms in total. The maximum Gasteiger partial charge on any atom is 0.248 e. The molecule has 0 radical (unpaired) electrons. The second-order valence-corrected chi connectivity index (χ2v) is 15.7. The van der Waals surface area contributed by atoms with Crippen molar-refractivity contribution in [1.82, 2.24) is 15.5 Å². The van der Waals surface area contributed by atoms with Crippen LogP contribution in [-0.2, 0) is 24.0 Å². The van der Waals surface area contributed by atoms with E-state index in [-0.39, 0.29) is 36.3 Å². The van der Waals surface area contributed by atoms with Gasteiger partial charge in [-0.05, 0) is 46.3 Å². The van der Waals surface area contributed by atoms with Crippen LogP contribution >= 0.6 is 25.2 Å². The number of rotatable bonds is 9. The van der Waals surface area contributed by atoms with E-state index in [4.69, 9.17) is 17.2 Å². The van der Waals surface area contributed by atoms with Crippen LogP contribution in [0.1, 0.15) is 51.9 Å². The minimum atomic E-state index is -1.14. The summed E-state index contributed by atoms with van der Waals surface area (Å²) in [6, 6.07) is -1.94. The quantitative estimate of drug-likeness (QED) is 0.107. The highest BCUT2D eigenvalue weighted by Gasteiger charge is 2.32. The van der Waals surface area contributed by atoms with Gasteiger partial charge >= 0.3 is 0 Å². The summed E-state index contributed by atoms with van der Waals surface area (Å²) in [5.41, 5.74) is 16.6. The molecule has 0 aliphatic carbocycles. The Morgan fingerprint density at radius 1 is 1.17 bits per heavy atom. The summed E-state index contributed by atoms with van der Waals surface area (Å²) in [7, 11) is 5.46. The summed E-state index contributed by atoms with van der Waals surface area (Å²) in [6.07, 6.45) is 2.29. The SMILES string of the molecule is CC(=O)C(CCCN=C(N)N)CC(=O)C1CCCCN(C)C(=O)CC(N)C(=O)NC(P(P)P)C(=O)N1. The zero-order valence-corrected chi connectivity index (χ0v) is 24.1. The number of nitrogens with two attached hydrogens (primary N) is 3. The number of hydrogen-bond donors (Lipinski definition) is 5. The van der Waals surface area contributed by atoms with E-state index in [1.807, 2.05) is 0 Å². The van der Waals surface area contributed by atoms with Gasteiger partial charge in [0.2, 0.25) is 17.7 Å². The molecule has 1 saturated heterocycles. The van der Waals surface area contributed by atoms with E-state index >= 15 is 0 Å². The molecule has 1 fully saturated rings. The highest BCUT2D eigenvalue weighted by atomic mass is 32.4. The monoisotopic (exact) mass is 563 g/mol. The predicted octanol–water partition coefficient (Wildman–Crippen LogP) is -0.447. The van der Waals surface area contributed by atoms with Crippen LogP contribution in [0.15, 0.2) is 4.99 Å². The van der Waals surface area contributed by atoms with E-state index in [1.54, 1.807) is 7.05 Å². The number of amides is 3. The van der Waals surface area contributed by atoms with E-state index in [9.17, 15) is 24.0 Å². The van der Waals surface area contributed by atoms with E-state index in [2.05, 4.69) is 33.5 Å². The van der Waals surface area contributed by atoms with Crippen molar-refractivity contribution in [3.05, 3.63) is 0 Å². The van der Waals surface area contributed by atoms with Crippen molar-refractivity contribution in [1.29, 1.82) is 0 Å². The number of hydrogen-bond acceptors (Lipinski definition) is 7. The third-order valence-corrected chi connectivity index (χ3v) is 8.70. The largest absolute Gasteiger partial charge is 0.370 e. The molecule has 1 heterocycles. The third-order valence-electron chi connectivity index (χ3n) is 5.95. The smallest absolute Gasteiger partial charge is 0.248 e. The van der Waals surface area contributed by atoms with Gasteiger partial charge in [0, 0.05) is 32.5 Å². The fourth-order valence-corrected chi connectivity index (χ4v) is 5.60. The lowest BCUT2D eigenvalue weighted by atomic mass is 9.90. The first kappa shape index (κ1) is 32.3. The molecule has 36 heavy (non-hydrogen) atoms. The summed E-state index contributed by atoms with van der Waals surface area (Å²) in [6.45, 7) is 2.21. The molecule has 8 N–H and O–H groups in total. The van der Waals surface area contributed by atoms with Crippen molar-refractivity contribution in [3.8, 4) is 0 Å². The predicted molar refractivity (Wildman–Crippen MR) is 148 cm³/mol. The Balaban J connectivity index is 3.05. The van der Waals surface area contributed by atoms with Crippen LogP contribution < -0.4 is 27.8 Å². The van der Waals surface area contributed by atoms with Gasteiger partial charge in [0.25, 0.3) is 0 Å². The minimum absolute atomic E-state index is 0.0289. The number of guanidine groups is 1. The van der Waals surface area contributed by atoms with Crippen LogP contribution in [0.4, 0.5) is 0 Å². The highest BCUT2D eigenvalue weighted by Crippen LogP contribution is 2.56. The fraction of sp³-hybridized carbons (Fsp3) is 0.714. The lowest BCUT2D eigenvalue weighted by Gasteiger charge is -2.28. The van der Waals surface area contributed by atoms with Crippen LogP contribution in [0.25, 0.3) is 0 Å². The van der Waals surface area contributed by atoms with Gasteiger partial charge in [0.15, 0.2) is 11.7 Å². The van der Waals surface area contributed by atoms with Crippen LogP contribution in [0.2, 0.25) is 0 Å². The van der Waals surface area contributed by atoms with Crippen molar-refractivity contribution in [2.24, 2.45) is 28.1 Å². The van der Waals surface area contributed by atoms with Gasteiger partial charge in [-0.15, -0.1) is 17.9 Å². The van der Waals surface area contributed by atoms with Crippen LogP contribution in [0, 0.1) is 5.92 Å². The minimum Gasteiger partial charge on any atom is -0.370 e. The van der Waals surface area contributed by atoms with E-state index in [0.29, 0.717) is 45.2 Å². The zero-order chi connectivity index (χ0) is 27.4. The average molecular weight is 564 g/mol. The summed E-state index contributed by atoms with van der Waals surface area (Å²) in [4.78, 5) is 68.9. The van der Waals surface area contributed by atoms with Gasteiger partial charge in [0.05, 0.1) is 18.5 Å². The Labute approximate surface area is 218 Å². The normalized spacial score (nSPS) is 23.3. The number of carbonyl (C=O) groups excluding carboxylic acids is 5. The first-order chi connectivity index (χ1) is 16.8. The van der Waals surface area contributed by atoms with Crippen molar-refractivity contribution < 1.29 is 24.0 Å². The highest BCUT2D eigenvalue weighted by molar-refractivity contribution is 8.43. The summed E-state index contributed by atoms with van der Waals surface area (Å²) in [5, 5.41) is 5.39. The standard InChI is InChI=1S/C21H40N7O5P3/c1-12(29)13(6-5-8-25-21(23)24)10-16(30)15-7-3-4-9-28(2)17(31)11-14(22)18(32)27-20(36(34)35)19(33)26-15/h13-15,20H,3-11,22,34-35H2,1-2H3,(H,26,33)(H,27,32)(H4,23,24,25). The lowest BCUT2D eigenvalue weighted by Crippen LogP contribution is -2.54. The molecule has 1 aliphatic rings. The molecule has 1 rings (SSSR count). The molecule has 3 amide bonds. The van der Waals surface area contributed by atoms with Gasteiger partial charge < -0.3 is 32.7 Å². The van der Waals surface area contributed by atoms with E-state index < -0.39 is 42.9 Å². The Kier molecular flexibility index (Phi) is 14.5. The first-order valence-electron chi connectivity index (χ1n) is 11.8. The van der Waals surface area contributed by atoms with Crippen LogP contribution in [0.5, 0.6) is 0 Å². The summed E-state index contributed by atoms with van der Waals surface area (Å²) >= 11 is 0. The summed E-state index contributed by atoms with van der Waals surface area (Å²) in [5.74, 6) is -3.29. The topological polar surface area (TPSA) is 203 Å². The zero-order valence-electron chi connectivity index (χ0n) is 20.9. The van der Waals surface area contributed by atoms with Crippen molar-refractivity contribution >= 4 is 60.4 Å². The van der Waals surface area contributed by atoms with E-state index in [0.717, 1.165) is 0 Å². The molecule has 204 valence electrons. The van der Waals surface area contributed by atoms with Gasteiger partial charge in [-0.3, -0.25) is 29.0 Å². The molecule has 0 aromatic rings. The van der Waals surface area contributed by atoms with Crippen molar-refractivity contribution in [2.75, 3.05) is 20.1 Å². The summed E-state index contributed by atoms with van der Waals surface area (Å²) < 4.78 is 0. The molecule has 6 unspecified atom stereocenters. The molecule has 0 saturated carbocycles. The molecule has 6 atom stereocenters. The maximum absolute atomic E-state index is 13.2. The van der Waals surface area contributed by atoms with Crippen LogP contribution in [-0.4, -0.2) is 78.2 Å². The molecular weight excluding hydrogens is 523 g/mol. The number of carbonyl (C=O) groups is 5. The molecule has 15 heteroatoms. The first-order valence-corrected chi connectivity index (χ1v) is 16.5. The maximum atomic E-state index is 13.2. The number of ketones is 2. The average Bonchev–Trinajstić information content (AvgIpc) is 2.79. The van der Waals surface area contributed by atoms with Gasteiger partial charge in [0.1, 0.15) is 11.6 Å². The van der Waals surface area contributed by atoms with Gasteiger partial charge in [-0.25, -0.2) is 0 Å². The Bertz CT molecular complexity index is 839. The molecule has 1 aliphatic heterocycles. The number of nitrogens with zero attached hydrogens (tertiary/aromatic N) is 2. The molecular formula is C21H40N7O5P3. The lowest BCUT2D eigenvalue weighted by molar-refractivity contribution is -0.134. The second kappa shape index (κ2) is 16.2. The fourth-order valence-electron chi connectivity index (χ4n) is 3.72. The van der Waals surface area contributed by atoms with Gasteiger partial charge in [-0.1, -0.05) is 0 Å². The molecule has 0 bridgehead atoms. The van der Waals surface area contributed by atoms with E-state index in [1.165, 1.54) is 11.8 Å². The van der Waals surface area contributed by atoms with Crippen LogP contribution in [0.3, 0.4) is 0 Å². The number of nitrogens with one attached hydrogen (secondary N) is 2. The Hall–Kier alpha value is -1.73. The molecule has 0 spiro atoms. The number of aliphatic imine (C=N–C) groups is 1. The number of Topliss-reactive ketones (excluding diaryl/α,β-unsaturated/α-hetero) is 2. The molecule has 0 aromatic heterocycles. The molecule has 0 aromatic carbocycles. The second-order valence-electron chi connectivity index (χ2n) is 8.97. The Morgan fingerprint density at radius 3 is 2.42 bits per heavy atom. The Morgan fingerprint density at radius 2 is 1.83 bits per heavy atom.